The molecule has 3 rings (SSSR count). The van der Waals surface area contributed by atoms with Crippen LogP contribution in [0.15, 0.2) is 18.2 Å². The zero-order valence-electron chi connectivity index (χ0n) is 10.1. The number of aromatic nitrogens is 4. The van der Waals surface area contributed by atoms with Gasteiger partial charge in [0.2, 0.25) is 4.96 Å². The normalized spacial score (nSPS) is 11.2. The maximum Gasteiger partial charge on any atom is 0.234 e. The van der Waals surface area contributed by atoms with Crippen LogP contribution in [0.4, 0.5) is 0 Å². The number of hydrogen-bond donors (Lipinski definition) is 1. The predicted octanol–water partition coefficient (Wildman–Crippen LogP) is 2.43. The number of nitrogens with zero attached hydrogens (tertiary/aromatic N) is 4. The minimum atomic E-state index is 0.272. The van der Waals surface area contributed by atoms with E-state index in [0.717, 1.165) is 33.3 Å². The maximum absolute atomic E-state index is 9.42. The zero-order chi connectivity index (χ0) is 12.7. The van der Waals surface area contributed by atoms with Crippen LogP contribution < -0.4 is 0 Å². The van der Waals surface area contributed by atoms with Crippen LogP contribution in [-0.4, -0.2) is 24.9 Å². The molecule has 3 aromatic rings. The predicted molar refractivity (Wildman–Crippen MR) is 69.9 cm³/mol. The molecule has 1 N–H and O–H groups in total. The lowest BCUT2D eigenvalue weighted by molar-refractivity contribution is 0.475. The molecule has 0 aliphatic heterocycles. The zero-order valence-corrected chi connectivity index (χ0v) is 10.9. The lowest BCUT2D eigenvalue weighted by atomic mass is 10.1. The Bertz CT molecular complexity index is 716. The molecule has 0 unspecified atom stereocenters. The van der Waals surface area contributed by atoms with Gasteiger partial charge < -0.3 is 5.11 Å². The molecule has 0 atom stereocenters. The van der Waals surface area contributed by atoms with Crippen molar-refractivity contribution in [3.05, 3.63) is 29.6 Å². The third kappa shape index (κ3) is 1.65. The summed E-state index contributed by atoms with van der Waals surface area (Å²) in [6.45, 7) is 3.99. The Kier molecular flexibility index (Phi) is 2.52. The average Bonchev–Trinajstić information content (AvgIpc) is 2.88. The summed E-state index contributed by atoms with van der Waals surface area (Å²) in [5.41, 5.74) is 2.02. The van der Waals surface area contributed by atoms with E-state index in [1.54, 1.807) is 16.6 Å². The second kappa shape index (κ2) is 4.06. The van der Waals surface area contributed by atoms with Crippen molar-refractivity contribution in [1.29, 1.82) is 0 Å². The van der Waals surface area contributed by atoms with Gasteiger partial charge in [-0.05, 0) is 30.7 Å². The summed E-state index contributed by atoms with van der Waals surface area (Å²) >= 11 is 1.50. The fourth-order valence-corrected chi connectivity index (χ4v) is 2.82. The van der Waals surface area contributed by atoms with Crippen molar-refractivity contribution in [3.63, 3.8) is 0 Å². The van der Waals surface area contributed by atoms with E-state index in [2.05, 4.69) is 15.3 Å². The van der Waals surface area contributed by atoms with E-state index in [0.29, 0.717) is 0 Å². The van der Waals surface area contributed by atoms with Crippen molar-refractivity contribution in [2.75, 3.05) is 0 Å². The molecular formula is C12H12N4OS. The minimum absolute atomic E-state index is 0.272. The Morgan fingerprint density at radius 2 is 2.17 bits per heavy atom. The van der Waals surface area contributed by atoms with E-state index >= 15 is 0 Å². The third-order valence-electron chi connectivity index (χ3n) is 2.81. The van der Waals surface area contributed by atoms with Crippen molar-refractivity contribution in [1.82, 2.24) is 19.8 Å². The van der Waals surface area contributed by atoms with Gasteiger partial charge in [0.15, 0.2) is 5.82 Å². The van der Waals surface area contributed by atoms with Crippen LogP contribution in [0, 0.1) is 6.92 Å². The minimum Gasteiger partial charge on any atom is -0.508 e. The van der Waals surface area contributed by atoms with Gasteiger partial charge in [0.05, 0.1) is 0 Å². The van der Waals surface area contributed by atoms with Gasteiger partial charge in [-0.3, -0.25) is 0 Å². The molecule has 0 spiro atoms. The highest BCUT2D eigenvalue weighted by atomic mass is 32.1. The molecule has 0 aliphatic carbocycles. The second-order valence-corrected chi connectivity index (χ2v) is 5.03. The molecule has 92 valence electrons. The largest absolute Gasteiger partial charge is 0.508 e. The average molecular weight is 260 g/mol. The molecule has 0 bridgehead atoms. The van der Waals surface area contributed by atoms with Crippen LogP contribution in [0.25, 0.3) is 15.5 Å². The van der Waals surface area contributed by atoms with E-state index in [1.165, 1.54) is 11.3 Å². The molecule has 0 saturated heterocycles. The summed E-state index contributed by atoms with van der Waals surface area (Å²) in [5.74, 6) is 1.14. The highest BCUT2D eigenvalue weighted by molar-refractivity contribution is 7.19. The first-order valence-electron chi connectivity index (χ1n) is 5.70. The van der Waals surface area contributed by atoms with Gasteiger partial charge in [-0.2, -0.15) is 9.61 Å². The van der Waals surface area contributed by atoms with Gasteiger partial charge in [0, 0.05) is 12.0 Å². The standard InChI is InChI=1S/C12H12N4OS/c1-3-10-13-14-12-16(10)15-11(18-12)9-5-4-8(17)6-7(9)2/h4-6,17H,3H2,1-2H3. The van der Waals surface area contributed by atoms with E-state index in [-0.39, 0.29) is 5.75 Å². The SMILES string of the molecule is CCc1nnc2sc(-c3ccc(O)cc3C)nn12. The molecule has 18 heavy (non-hydrogen) atoms. The van der Waals surface area contributed by atoms with E-state index in [9.17, 15) is 5.11 Å². The first-order chi connectivity index (χ1) is 8.69. The Morgan fingerprint density at radius 1 is 1.33 bits per heavy atom. The number of aromatic hydroxyl groups is 1. The van der Waals surface area contributed by atoms with Crippen LogP contribution in [-0.2, 0) is 6.42 Å². The molecule has 0 saturated carbocycles. The third-order valence-corrected chi connectivity index (χ3v) is 3.74. The Balaban J connectivity index is 2.16. The smallest absolute Gasteiger partial charge is 0.234 e. The highest BCUT2D eigenvalue weighted by Gasteiger charge is 2.13. The Morgan fingerprint density at radius 3 is 2.89 bits per heavy atom. The molecule has 0 amide bonds. The van der Waals surface area contributed by atoms with Crippen molar-refractivity contribution >= 4 is 16.3 Å². The van der Waals surface area contributed by atoms with Crippen LogP contribution in [0.5, 0.6) is 5.75 Å². The summed E-state index contributed by atoms with van der Waals surface area (Å²) in [7, 11) is 0. The first-order valence-corrected chi connectivity index (χ1v) is 6.52. The van der Waals surface area contributed by atoms with E-state index < -0.39 is 0 Å². The van der Waals surface area contributed by atoms with Crippen molar-refractivity contribution in [3.8, 4) is 16.3 Å². The number of aryl methyl sites for hydroxylation is 2. The van der Waals surface area contributed by atoms with Gasteiger partial charge in [-0.15, -0.1) is 10.2 Å². The fraction of sp³-hybridized carbons (Fsp3) is 0.250. The van der Waals surface area contributed by atoms with E-state index in [4.69, 9.17) is 0 Å². The highest BCUT2D eigenvalue weighted by Crippen LogP contribution is 2.29. The van der Waals surface area contributed by atoms with Gasteiger partial charge in [-0.25, -0.2) is 0 Å². The Labute approximate surface area is 108 Å². The van der Waals surface area contributed by atoms with Gasteiger partial charge in [0.25, 0.3) is 0 Å². The molecule has 2 heterocycles. The Hall–Kier alpha value is -1.95. The molecule has 0 fully saturated rings. The van der Waals surface area contributed by atoms with Gasteiger partial charge in [-0.1, -0.05) is 18.3 Å². The molecule has 6 heteroatoms. The van der Waals surface area contributed by atoms with Crippen molar-refractivity contribution in [2.24, 2.45) is 0 Å². The van der Waals surface area contributed by atoms with Crippen LogP contribution >= 0.6 is 11.3 Å². The number of benzene rings is 1. The molecule has 0 aliphatic rings. The second-order valence-electron chi connectivity index (χ2n) is 4.07. The van der Waals surface area contributed by atoms with Crippen molar-refractivity contribution < 1.29 is 5.11 Å². The summed E-state index contributed by atoms with van der Waals surface area (Å²) in [4.78, 5) is 0.800. The number of rotatable bonds is 2. The number of phenolic OH excluding ortho intramolecular Hbond substituents is 1. The van der Waals surface area contributed by atoms with Gasteiger partial charge in [0.1, 0.15) is 10.8 Å². The number of phenols is 1. The first kappa shape index (κ1) is 11.2. The topological polar surface area (TPSA) is 63.3 Å². The monoisotopic (exact) mass is 260 g/mol. The van der Waals surface area contributed by atoms with Crippen LogP contribution in [0.2, 0.25) is 0 Å². The molecule has 1 aromatic carbocycles. The van der Waals surface area contributed by atoms with Gasteiger partial charge >= 0.3 is 0 Å². The maximum atomic E-state index is 9.42. The van der Waals surface area contributed by atoms with Crippen LogP contribution in [0.3, 0.4) is 0 Å². The lowest BCUT2D eigenvalue weighted by Crippen LogP contribution is -1.93. The van der Waals surface area contributed by atoms with Crippen LogP contribution in [0.1, 0.15) is 18.3 Å². The summed E-state index contributed by atoms with van der Waals surface area (Å²) in [6, 6.07) is 5.28. The lowest BCUT2D eigenvalue weighted by Gasteiger charge is -2.01. The summed E-state index contributed by atoms with van der Waals surface area (Å²) < 4.78 is 1.78. The van der Waals surface area contributed by atoms with Crippen molar-refractivity contribution in [2.45, 2.75) is 20.3 Å². The number of hydrogen-bond acceptors (Lipinski definition) is 5. The summed E-state index contributed by atoms with van der Waals surface area (Å²) in [6.07, 6.45) is 0.804. The molecular weight excluding hydrogens is 248 g/mol. The summed E-state index contributed by atoms with van der Waals surface area (Å²) in [5, 5.41) is 23.0. The molecule has 0 radical (unpaired) electrons. The molecule has 2 aromatic heterocycles. The number of fused-ring (bicyclic) bond motifs is 1. The molecule has 5 nitrogen and oxygen atoms in total. The quantitative estimate of drug-likeness (QED) is 0.768. The fourth-order valence-electron chi connectivity index (χ4n) is 1.87. The van der Waals surface area contributed by atoms with E-state index in [1.807, 2.05) is 19.9 Å².